The van der Waals surface area contributed by atoms with E-state index in [4.69, 9.17) is 0 Å². The van der Waals surface area contributed by atoms with Gasteiger partial charge in [0.15, 0.2) is 5.96 Å². The number of hydrogen-bond donors (Lipinski definition) is 3. The first-order valence-corrected chi connectivity index (χ1v) is 7.79. The zero-order valence-electron chi connectivity index (χ0n) is 13.6. The first-order valence-electron chi connectivity index (χ1n) is 7.79. The first kappa shape index (κ1) is 17.5. The molecular weight excluding hydrogens is 307 g/mol. The summed E-state index contributed by atoms with van der Waals surface area (Å²) in [5.41, 5.74) is 1.51. The summed E-state index contributed by atoms with van der Waals surface area (Å²) in [6.45, 7) is 3.19. The Balaban J connectivity index is 1.87. The Labute approximate surface area is 141 Å². The van der Waals surface area contributed by atoms with Gasteiger partial charge in [0.25, 0.3) is 0 Å². The summed E-state index contributed by atoms with van der Waals surface area (Å²) >= 11 is 0. The molecule has 5 nitrogen and oxygen atoms in total. The number of nitrogens with zero attached hydrogens (tertiary/aromatic N) is 1. The van der Waals surface area contributed by atoms with Gasteiger partial charge in [-0.15, -0.1) is 0 Å². The SMILES string of the molecule is CCNC(=NCc1ccccc1)NCC(=O)Nc1cccc(F)c1. The first-order chi connectivity index (χ1) is 11.7. The van der Waals surface area contributed by atoms with Crippen LogP contribution in [0.25, 0.3) is 0 Å². The lowest BCUT2D eigenvalue weighted by Crippen LogP contribution is -2.41. The molecule has 24 heavy (non-hydrogen) atoms. The quantitative estimate of drug-likeness (QED) is 0.564. The van der Waals surface area contributed by atoms with Crippen LogP contribution in [0.1, 0.15) is 12.5 Å². The van der Waals surface area contributed by atoms with Crippen LogP contribution in [-0.2, 0) is 11.3 Å². The number of hydrogen-bond acceptors (Lipinski definition) is 2. The van der Waals surface area contributed by atoms with Crippen molar-refractivity contribution in [2.45, 2.75) is 13.5 Å². The molecule has 3 N–H and O–H groups in total. The van der Waals surface area contributed by atoms with Gasteiger partial charge in [-0.25, -0.2) is 9.38 Å². The molecule has 2 aromatic carbocycles. The summed E-state index contributed by atoms with van der Waals surface area (Å²) in [5.74, 6) is -0.111. The van der Waals surface area contributed by atoms with Crippen molar-refractivity contribution in [1.82, 2.24) is 10.6 Å². The Kier molecular flexibility index (Phi) is 6.76. The molecule has 0 aliphatic carbocycles. The third-order valence-corrected chi connectivity index (χ3v) is 3.13. The molecule has 2 aromatic rings. The largest absolute Gasteiger partial charge is 0.357 e. The van der Waals surface area contributed by atoms with Crippen LogP contribution in [0.3, 0.4) is 0 Å². The third kappa shape index (κ3) is 6.08. The van der Waals surface area contributed by atoms with Crippen molar-refractivity contribution in [3.05, 3.63) is 66.0 Å². The van der Waals surface area contributed by atoms with Crippen molar-refractivity contribution >= 4 is 17.6 Å². The van der Waals surface area contributed by atoms with Gasteiger partial charge in [0.1, 0.15) is 5.82 Å². The molecule has 6 heteroatoms. The van der Waals surface area contributed by atoms with Gasteiger partial charge >= 0.3 is 0 Å². The van der Waals surface area contributed by atoms with Crippen LogP contribution in [0.15, 0.2) is 59.6 Å². The van der Waals surface area contributed by atoms with Crippen molar-refractivity contribution in [3.63, 3.8) is 0 Å². The fourth-order valence-electron chi connectivity index (χ4n) is 2.03. The van der Waals surface area contributed by atoms with E-state index in [-0.39, 0.29) is 12.5 Å². The summed E-state index contributed by atoms with van der Waals surface area (Å²) in [6, 6.07) is 15.6. The predicted octanol–water partition coefficient (Wildman–Crippen LogP) is 2.52. The van der Waals surface area contributed by atoms with E-state index in [9.17, 15) is 9.18 Å². The molecule has 0 unspecified atom stereocenters. The van der Waals surface area contributed by atoms with Crippen LogP contribution in [-0.4, -0.2) is 25.0 Å². The second-order valence-corrected chi connectivity index (χ2v) is 5.09. The fraction of sp³-hybridized carbons (Fsp3) is 0.222. The second kappa shape index (κ2) is 9.29. The molecule has 0 aliphatic heterocycles. The summed E-state index contributed by atoms with van der Waals surface area (Å²) in [4.78, 5) is 16.4. The van der Waals surface area contributed by atoms with Crippen LogP contribution in [0.5, 0.6) is 0 Å². The average Bonchev–Trinajstić information content (AvgIpc) is 2.58. The zero-order chi connectivity index (χ0) is 17.2. The Morgan fingerprint density at radius 1 is 1.08 bits per heavy atom. The highest BCUT2D eigenvalue weighted by molar-refractivity contribution is 5.94. The maximum Gasteiger partial charge on any atom is 0.243 e. The van der Waals surface area contributed by atoms with Gasteiger partial charge in [-0.2, -0.15) is 0 Å². The van der Waals surface area contributed by atoms with Crippen LogP contribution >= 0.6 is 0 Å². The number of carbonyl (C=O) groups is 1. The van der Waals surface area contributed by atoms with E-state index in [1.807, 2.05) is 37.3 Å². The minimum Gasteiger partial charge on any atom is -0.357 e. The van der Waals surface area contributed by atoms with Gasteiger partial charge in [0, 0.05) is 12.2 Å². The Morgan fingerprint density at radius 3 is 2.58 bits per heavy atom. The number of aliphatic imine (C=N–C) groups is 1. The van der Waals surface area contributed by atoms with Gasteiger partial charge < -0.3 is 16.0 Å². The van der Waals surface area contributed by atoms with Gasteiger partial charge in [0.05, 0.1) is 13.1 Å². The number of rotatable bonds is 6. The zero-order valence-corrected chi connectivity index (χ0v) is 13.6. The summed E-state index contributed by atoms with van der Waals surface area (Å²) in [7, 11) is 0. The average molecular weight is 328 g/mol. The molecule has 0 spiro atoms. The van der Waals surface area contributed by atoms with Crippen molar-refractivity contribution in [3.8, 4) is 0 Å². The lowest BCUT2D eigenvalue weighted by molar-refractivity contribution is -0.115. The van der Waals surface area contributed by atoms with Gasteiger partial charge in [-0.1, -0.05) is 36.4 Å². The lowest BCUT2D eigenvalue weighted by atomic mass is 10.2. The topological polar surface area (TPSA) is 65.5 Å². The van der Waals surface area contributed by atoms with Crippen molar-refractivity contribution in [2.24, 2.45) is 4.99 Å². The number of benzene rings is 2. The van der Waals surface area contributed by atoms with E-state index in [0.717, 1.165) is 5.56 Å². The van der Waals surface area contributed by atoms with E-state index >= 15 is 0 Å². The third-order valence-electron chi connectivity index (χ3n) is 3.13. The van der Waals surface area contributed by atoms with Crippen LogP contribution < -0.4 is 16.0 Å². The van der Waals surface area contributed by atoms with Gasteiger partial charge in [-0.05, 0) is 30.7 Å². The number of halogens is 1. The standard InChI is InChI=1S/C18H21FN4O/c1-2-20-18(21-12-14-7-4-3-5-8-14)22-13-17(24)23-16-10-6-9-15(19)11-16/h3-11H,2,12-13H2,1H3,(H,23,24)(H2,20,21,22). The minimum atomic E-state index is -0.390. The molecule has 0 saturated heterocycles. The molecule has 0 aliphatic rings. The number of guanidine groups is 1. The van der Waals surface area contributed by atoms with E-state index in [1.54, 1.807) is 12.1 Å². The highest BCUT2D eigenvalue weighted by atomic mass is 19.1. The van der Waals surface area contributed by atoms with E-state index < -0.39 is 5.82 Å². The van der Waals surface area contributed by atoms with Gasteiger partial charge in [-0.3, -0.25) is 4.79 Å². The lowest BCUT2D eigenvalue weighted by Gasteiger charge is -2.11. The maximum atomic E-state index is 13.1. The number of amides is 1. The maximum absolute atomic E-state index is 13.1. The number of carbonyl (C=O) groups excluding carboxylic acids is 1. The molecule has 0 heterocycles. The molecule has 0 aromatic heterocycles. The Morgan fingerprint density at radius 2 is 1.88 bits per heavy atom. The van der Waals surface area contributed by atoms with Crippen LogP contribution in [0.2, 0.25) is 0 Å². The highest BCUT2D eigenvalue weighted by Crippen LogP contribution is 2.08. The summed E-state index contributed by atoms with van der Waals surface area (Å²) in [6.07, 6.45) is 0. The van der Waals surface area contributed by atoms with Crippen molar-refractivity contribution < 1.29 is 9.18 Å². The van der Waals surface area contributed by atoms with Crippen LogP contribution in [0.4, 0.5) is 10.1 Å². The van der Waals surface area contributed by atoms with E-state index in [1.165, 1.54) is 12.1 Å². The molecule has 2 rings (SSSR count). The van der Waals surface area contributed by atoms with E-state index in [2.05, 4.69) is 20.9 Å². The number of anilines is 1. The van der Waals surface area contributed by atoms with Gasteiger partial charge in [0.2, 0.25) is 5.91 Å². The number of nitrogens with one attached hydrogen (secondary N) is 3. The molecular formula is C18H21FN4O. The van der Waals surface area contributed by atoms with Crippen LogP contribution in [0, 0.1) is 5.82 Å². The molecule has 0 fully saturated rings. The van der Waals surface area contributed by atoms with Crippen molar-refractivity contribution in [2.75, 3.05) is 18.4 Å². The molecule has 0 radical (unpaired) electrons. The molecule has 0 saturated carbocycles. The summed E-state index contributed by atoms with van der Waals surface area (Å²) < 4.78 is 13.1. The Hall–Kier alpha value is -2.89. The normalized spacial score (nSPS) is 11.0. The van der Waals surface area contributed by atoms with E-state index in [0.29, 0.717) is 24.7 Å². The Bertz CT molecular complexity index is 688. The molecule has 126 valence electrons. The smallest absolute Gasteiger partial charge is 0.243 e. The molecule has 0 bridgehead atoms. The molecule has 1 amide bonds. The van der Waals surface area contributed by atoms with Crippen molar-refractivity contribution in [1.29, 1.82) is 0 Å². The molecule has 0 atom stereocenters. The predicted molar refractivity (Wildman–Crippen MR) is 94.3 cm³/mol. The summed E-state index contributed by atoms with van der Waals surface area (Å²) in [5, 5.41) is 8.67. The minimum absolute atomic E-state index is 0.0388. The highest BCUT2D eigenvalue weighted by Gasteiger charge is 2.05. The fourth-order valence-corrected chi connectivity index (χ4v) is 2.03. The monoisotopic (exact) mass is 328 g/mol. The second-order valence-electron chi connectivity index (χ2n) is 5.09.